The standard InChI is InChI=1S/C24H29N3O2/c1-17(22-10-6-8-19-7-4-5-9-23(19)22)26-24(29)25-16-20(27(2)3)15-18-11-13-21(28)14-12-18/h4-14,17,20,28H,15-16H2,1-3H3,(H2,25,26,29). The summed E-state index contributed by atoms with van der Waals surface area (Å²) in [5.41, 5.74) is 2.22. The molecule has 2 amide bonds. The maximum atomic E-state index is 12.5. The molecule has 0 aliphatic rings. The molecule has 152 valence electrons. The van der Waals surface area contributed by atoms with E-state index in [0.717, 1.165) is 22.9 Å². The zero-order valence-electron chi connectivity index (χ0n) is 17.2. The summed E-state index contributed by atoms with van der Waals surface area (Å²) in [6.07, 6.45) is 0.784. The molecule has 5 nitrogen and oxygen atoms in total. The molecule has 0 fully saturated rings. The van der Waals surface area contributed by atoms with Gasteiger partial charge in [0.1, 0.15) is 5.75 Å². The van der Waals surface area contributed by atoms with Crippen LogP contribution >= 0.6 is 0 Å². The molecule has 0 heterocycles. The Bertz CT molecular complexity index is 949. The fourth-order valence-corrected chi connectivity index (χ4v) is 3.51. The number of fused-ring (bicyclic) bond motifs is 1. The van der Waals surface area contributed by atoms with Gasteiger partial charge in [0.15, 0.2) is 0 Å². The van der Waals surface area contributed by atoms with Gasteiger partial charge in [0.05, 0.1) is 6.04 Å². The average Bonchev–Trinajstić information content (AvgIpc) is 2.71. The number of phenolic OH excluding ortho intramolecular Hbond substituents is 1. The highest BCUT2D eigenvalue weighted by Gasteiger charge is 2.16. The number of hydrogen-bond acceptors (Lipinski definition) is 3. The minimum Gasteiger partial charge on any atom is -0.508 e. The van der Waals surface area contributed by atoms with Gasteiger partial charge >= 0.3 is 6.03 Å². The summed E-state index contributed by atoms with van der Waals surface area (Å²) in [7, 11) is 4.01. The number of nitrogens with one attached hydrogen (secondary N) is 2. The minimum absolute atomic E-state index is 0.101. The monoisotopic (exact) mass is 391 g/mol. The zero-order valence-corrected chi connectivity index (χ0v) is 17.2. The largest absolute Gasteiger partial charge is 0.508 e. The van der Waals surface area contributed by atoms with E-state index in [-0.39, 0.29) is 23.9 Å². The minimum atomic E-state index is -0.178. The summed E-state index contributed by atoms with van der Waals surface area (Å²) in [5.74, 6) is 0.259. The van der Waals surface area contributed by atoms with Gasteiger partial charge in [-0.3, -0.25) is 0 Å². The van der Waals surface area contributed by atoms with E-state index in [9.17, 15) is 9.90 Å². The molecule has 0 saturated heterocycles. The van der Waals surface area contributed by atoms with Gasteiger partial charge in [-0.05, 0) is 61.5 Å². The number of phenols is 1. The van der Waals surface area contributed by atoms with Crippen molar-refractivity contribution in [3.8, 4) is 5.75 Å². The number of benzene rings is 3. The summed E-state index contributed by atoms with van der Waals surface area (Å²) >= 11 is 0. The van der Waals surface area contributed by atoms with Gasteiger partial charge in [-0.25, -0.2) is 4.79 Å². The third-order valence-corrected chi connectivity index (χ3v) is 5.27. The fraction of sp³-hybridized carbons (Fsp3) is 0.292. The maximum Gasteiger partial charge on any atom is 0.315 e. The Balaban J connectivity index is 1.59. The summed E-state index contributed by atoms with van der Waals surface area (Å²) in [6, 6.07) is 21.4. The predicted molar refractivity (Wildman–Crippen MR) is 118 cm³/mol. The van der Waals surface area contributed by atoms with Crippen LogP contribution in [-0.4, -0.2) is 42.7 Å². The molecule has 0 spiro atoms. The molecule has 3 aromatic carbocycles. The van der Waals surface area contributed by atoms with Gasteiger partial charge in [0, 0.05) is 12.6 Å². The van der Waals surface area contributed by atoms with Crippen molar-refractivity contribution < 1.29 is 9.90 Å². The Morgan fingerprint density at radius 3 is 2.41 bits per heavy atom. The molecular weight excluding hydrogens is 362 g/mol. The van der Waals surface area contributed by atoms with Crippen LogP contribution in [0, 0.1) is 0 Å². The van der Waals surface area contributed by atoms with Crippen molar-refractivity contribution in [2.75, 3.05) is 20.6 Å². The molecule has 2 unspecified atom stereocenters. The number of carbonyl (C=O) groups is 1. The van der Waals surface area contributed by atoms with Gasteiger partial charge in [-0.1, -0.05) is 54.6 Å². The van der Waals surface area contributed by atoms with Crippen LogP contribution < -0.4 is 10.6 Å². The molecule has 3 aromatic rings. The molecule has 29 heavy (non-hydrogen) atoms. The molecule has 0 aliphatic carbocycles. The third kappa shape index (κ3) is 5.48. The number of aromatic hydroxyl groups is 1. The van der Waals surface area contributed by atoms with Crippen LogP contribution in [-0.2, 0) is 6.42 Å². The lowest BCUT2D eigenvalue weighted by molar-refractivity contribution is 0.229. The lowest BCUT2D eigenvalue weighted by Gasteiger charge is -2.25. The Morgan fingerprint density at radius 2 is 1.69 bits per heavy atom. The first-order valence-corrected chi connectivity index (χ1v) is 9.90. The molecule has 3 rings (SSSR count). The van der Waals surface area contributed by atoms with E-state index >= 15 is 0 Å². The van der Waals surface area contributed by atoms with Gasteiger partial charge in [-0.2, -0.15) is 0 Å². The van der Waals surface area contributed by atoms with Gasteiger partial charge < -0.3 is 20.6 Å². The Morgan fingerprint density at radius 1 is 1.00 bits per heavy atom. The topological polar surface area (TPSA) is 64.6 Å². The predicted octanol–water partition coefficient (Wildman–Crippen LogP) is 4.08. The zero-order chi connectivity index (χ0) is 20.8. The lowest BCUT2D eigenvalue weighted by atomic mass is 10.00. The Hall–Kier alpha value is -3.05. The molecule has 0 bridgehead atoms. The van der Waals surface area contributed by atoms with Crippen LogP contribution in [0.25, 0.3) is 10.8 Å². The molecule has 3 N–H and O–H groups in total. The van der Waals surface area contributed by atoms with Crippen LogP contribution in [0.1, 0.15) is 24.1 Å². The van der Waals surface area contributed by atoms with E-state index in [0.29, 0.717) is 6.54 Å². The van der Waals surface area contributed by atoms with Crippen LogP contribution in [0.5, 0.6) is 5.75 Å². The first kappa shape index (κ1) is 20.7. The van der Waals surface area contributed by atoms with E-state index in [1.165, 1.54) is 5.39 Å². The van der Waals surface area contributed by atoms with Gasteiger partial charge in [-0.15, -0.1) is 0 Å². The third-order valence-electron chi connectivity index (χ3n) is 5.27. The van der Waals surface area contributed by atoms with Crippen molar-refractivity contribution in [2.24, 2.45) is 0 Å². The van der Waals surface area contributed by atoms with E-state index in [1.54, 1.807) is 12.1 Å². The number of rotatable bonds is 7. The number of likely N-dealkylation sites (N-methyl/N-ethyl adjacent to an activating group) is 1. The summed E-state index contributed by atoms with van der Waals surface area (Å²) in [5, 5.41) is 17.8. The van der Waals surface area contributed by atoms with Crippen molar-refractivity contribution >= 4 is 16.8 Å². The second kappa shape index (κ2) is 9.43. The number of urea groups is 1. The van der Waals surface area contributed by atoms with Crippen LogP contribution in [0.4, 0.5) is 4.79 Å². The van der Waals surface area contributed by atoms with Crippen LogP contribution in [0.2, 0.25) is 0 Å². The quantitative estimate of drug-likeness (QED) is 0.569. The number of carbonyl (C=O) groups excluding carboxylic acids is 1. The summed E-state index contributed by atoms with van der Waals surface area (Å²) in [4.78, 5) is 14.6. The highest BCUT2D eigenvalue weighted by Crippen LogP contribution is 2.23. The molecular formula is C24H29N3O2. The second-order valence-corrected chi connectivity index (χ2v) is 7.63. The summed E-state index contributed by atoms with van der Waals surface area (Å²) in [6.45, 7) is 2.53. The van der Waals surface area contributed by atoms with E-state index in [4.69, 9.17) is 0 Å². The fourth-order valence-electron chi connectivity index (χ4n) is 3.51. The highest BCUT2D eigenvalue weighted by molar-refractivity contribution is 5.86. The Kier molecular flexibility index (Phi) is 6.73. The first-order valence-electron chi connectivity index (χ1n) is 9.90. The highest BCUT2D eigenvalue weighted by atomic mass is 16.3. The van der Waals surface area contributed by atoms with Crippen LogP contribution in [0.3, 0.4) is 0 Å². The average molecular weight is 392 g/mol. The molecule has 5 heteroatoms. The van der Waals surface area contributed by atoms with E-state index in [1.807, 2.05) is 51.4 Å². The van der Waals surface area contributed by atoms with Crippen molar-refractivity contribution in [3.05, 3.63) is 77.9 Å². The van der Waals surface area contributed by atoms with Crippen molar-refractivity contribution in [1.29, 1.82) is 0 Å². The van der Waals surface area contributed by atoms with Crippen molar-refractivity contribution in [3.63, 3.8) is 0 Å². The van der Waals surface area contributed by atoms with Crippen LogP contribution in [0.15, 0.2) is 66.7 Å². The molecule has 0 radical (unpaired) electrons. The Labute approximate surface area is 172 Å². The van der Waals surface area contributed by atoms with Gasteiger partial charge in [0.25, 0.3) is 0 Å². The van der Waals surface area contributed by atoms with Crippen molar-refractivity contribution in [2.45, 2.75) is 25.4 Å². The maximum absolute atomic E-state index is 12.5. The SMILES string of the molecule is CC(NC(=O)NCC(Cc1ccc(O)cc1)N(C)C)c1cccc2ccccc12. The first-order chi connectivity index (χ1) is 13.9. The molecule has 2 atom stereocenters. The number of nitrogens with zero attached hydrogens (tertiary/aromatic N) is 1. The van der Waals surface area contributed by atoms with Crippen molar-refractivity contribution in [1.82, 2.24) is 15.5 Å². The van der Waals surface area contributed by atoms with Gasteiger partial charge in [0.2, 0.25) is 0 Å². The molecule has 0 aromatic heterocycles. The van der Waals surface area contributed by atoms with E-state index in [2.05, 4.69) is 39.8 Å². The number of hydrogen-bond donors (Lipinski definition) is 3. The number of amides is 2. The second-order valence-electron chi connectivity index (χ2n) is 7.63. The lowest BCUT2D eigenvalue weighted by Crippen LogP contribution is -2.45. The molecule has 0 aliphatic heterocycles. The summed E-state index contributed by atoms with van der Waals surface area (Å²) < 4.78 is 0. The normalized spacial score (nSPS) is 13.2. The molecule has 0 saturated carbocycles. The smallest absolute Gasteiger partial charge is 0.315 e. The van der Waals surface area contributed by atoms with E-state index < -0.39 is 0 Å².